The van der Waals surface area contributed by atoms with Crippen LogP contribution in [0.2, 0.25) is 21.6 Å². The zero-order valence-electron chi connectivity index (χ0n) is 29.2. The lowest BCUT2D eigenvalue weighted by Gasteiger charge is -2.42. The van der Waals surface area contributed by atoms with E-state index in [4.69, 9.17) is 16.3 Å². The van der Waals surface area contributed by atoms with Crippen molar-refractivity contribution in [3.63, 3.8) is 0 Å². The Balaban J connectivity index is 1.61. The van der Waals surface area contributed by atoms with Crippen molar-refractivity contribution < 1.29 is 19.7 Å². The van der Waals surface area contributed by atoms with E-state index >= 15 is 0 Å². The zero-order chi connectivity index (χ0) is 34.4. The van der Waals surface area contributed by atoms with Crippen LogP contribution >= 0.6 is 11.6 Å². The molecular weight excluding hydrogens is 622 g/mol. The Morgan fingerprint density at radius 2 is 1.53 bits per heavy atom. The highest BCUT2D eigenvalue weighted by molar-refractivity contribution is 6.90. The molecule has 0 bridgehead atoms. The smallest absolute Gasteiger partial charge is 0.257 e. The number of ether oxygens (including phenoxy) is 1. The molecule has 1 amide bonds. The van der Waals surface area contributed by atoms with E-state index in [2.05, 4.69) is 53.0 Å². The number of aliphatic hydroxyl groups excluding tert-OH is 1. The van der Waals surface area contributed by atoms with Crippen LogP contribution in [0.1, 0.15) is 106 Å². The van der Waals surface area contributed by atoms with Crippen LogP contribution in [-0.2, 0) is 22.6 Å². The maximum Gasteiger partial charge on any atom is 0.257 e. The first kappa shape index (κ1) is 35.4. The normalized spacial score (nSPS) is 18.9. The van der Waals surface area contributed by atoms with Crippen molar-refractivity contribution >= 4 is 25.6 Å². The molecule has 1 atom stereocenters. The van der Waals surface area contributed by atoms with E-state index in [0.717, 1.165) is 29.5 Å². The lowest BCUT2D eigenvalue weighted by Crippen LogP contribution is -2.48. The highest BCUT2D eigenvalue weighted by Gasteiger charge is 2.56. The minimum absolute atomic E-state index is 0.00864. The van der Waals surface area contributed by atoms with Gasteiger partial charge in [-0.3, -0.25) is 9.69 Å². The predicted octanol–water partition coefficient (Wildman–Crippen LogP) is 8.78. The van der Waals surface area contributed by atoms with Crippen molar-refractivity contribution in [3.8, 4) is 11.5 Å². The molecule has 1 saturated carbocycles. The molecule has 1 aliphatic carbocycles. The SMILES string of the molecule is CC(C)[Si](C#Cc1ccc(CN2C(=O)c3cccc(C(C)(C)O)c3C2(OCC2(CO)CC2)c2ccc(Cl)cc2)cc1)(C(C)C)C(C)C. The monoisotopic (exact) mass is 671 g/mol. The van der Waals surface area contributed by atoms with Crippen LogP contribution in [0.3, 0.4) is 0 Å². The van der Waals surface area contributed by atoms with E-state index in [1.165, 1.54) is 0 Å². The maximum absolute atomic E-state index is 14.5. The van der Waals surface area contributed by atoms with Gasteiger partial charge in [0.1, 0.15) is 8.07 Å². The van der Waals surface area contributed by atoms with Crippen molar-refractivity contribution in [2.45, 2.75) is 103 Å². The fourth-order valence-electron chi connectivity index (χ4n) is 7.69. The molecule has 3 aromatic carbocycles. The van der Waals surface area contributed by atoms with Gasteiger partial charge in [0.25, 0.3) is 5.91 Å². The molecule has 0 saturated heterocycles. The molecule has 3 aromatic rings. The van der Waals surface area contributed by atoms with Crippen LogP contribution in [0.25, 0.3) is 0 Å². The standard InChI is InChI=1S/C40H50ClNO4Si/c1-27(2)47(28(3)4,29(5)6)23-20-30-12-14-31(15-13-30)24-42-37(44)34-10-9-11-35(38(7,8)45)36(34)40(42,32-16-18-33(41)19-17-32)46-26-39(25-43)21-22-39/h9-19,27-29,43,45H,21-22,24-26H2,1-8H3. The highest BCUT2D eigenvalue weighted by atomic mass is 35.5. The van der Waals surface area contributed by atoms with Crippen molar-refractivity contribution in [2.75, 3.05) is 13.2 Å². The summed E-state index contributed by atoms with van der Waals surface area (Å²) in [6.45, 7) is 17.9. The maximum atomic E-state index is 14.5. The lowest BCUT2D eigenvalue weighted by molar-refractivity contribution is -0.130. The molecule has 0 aromatic heterocycles. The Bertz CT molecular complexity index is 1640. The van der Waals surface area contributed by atoms with Gasteiger partial charge < -0.3 is 14.9 Å². The largest absolute Gasteiger partial charge is 0.396 e. The van der Waals surface area contributed by atoms with Gasteiger partial charge >= 0.3 is 0 Å². The van der Waals surface area contributed by atoms with Gasteiger partial charge in [-0.25, -0.2) is 0 Å². The number of rotatable bonds is 11. The minimum Gasteiger partial charge on any atom is -0.396 e. The number of hydrogen-bond donors (Lipinski definition) is 2. The quantitative estimate of drug-likeness (QED) is 0.158. The number of fused-ring (bicyclic) bond motifs is 1. The fraction of sp³-hybridized carbons (Fsp3) is 0.475. The topological polar surface area (TPSA) is 70.0 Å². The number of benzene rings is 3. The molecule has 0 spiro atoms. The van der Waals surface area contributed by atoms with Gasteiger partial charge in [-0.15, -0.1) is 5.54 Å². The third-order valence-electron chi connectivity index (χ3n) is 10.6. The second-order valence-corrected chi connectivity index (χ2v) is 21.1. The molecule has 5 rings (SSSR count). The van der Waals surface area contributed by atoms with Crippen molar-refractivity contribution in [1.82, 2.24) is 4.90 Å². The number of amides is 1. The number of carbonyl (C=O) groups is 1. The summed E-state index contributed by atoms with van der Waals surface area (Å²) in [4.78, 5) is 16.3. The molecule has 250 valence electrons. The van der Waals surface area contributed by atoms with Crippen molar-refractivity contribution in [1.29, 1.82) is 0 Å². The van der Waals surface area contributed by atoms with Gasteiger partial charge in [0.15, 0.2) is 5.72 Å². The Morgan fingerprint density at radius 3 is 2.04 bits per heavy atom. The van der Waals surface area contributed by atoms with E-state index in [1.54, 1.807) is 30.9 Å². The molecule has 5 nitrogen and oxygen atoms in total. The summed E-state index contributed by atoms with van der Waals surface area (Å²) in [6.07, 6.45) is 1.70. The first-order chi connectivity index (χ1) is 22.1. The van der Waals surface area contributed by atoms with Crippen LogP contribution < -0.4 is 0 Å². The van der Waals surface area contributed by atoms with E-state index in [9.17, 15) is 15.0 Å². The second-order valence-electron chi connectivity index (χ2n) is 15.1. The molecule has 2 aliphatic rings. The molecule has 2 N–H and O–H groups in total. The average Bonchev–Trinajstić information content (AvgIpc) is 3.77. The summed E-state index contributed by atoms with van der Waals surface area (Å²) in [5.41, 5.74) is 6.89. The number of nitrogens with zero attached hydrogens (tertiary/aromatic N) is 1. The highest BCUT2D eigenvalue weighted by Crippen LogP contribution is 2.53. The molecule has 1 aliphatic heterocycles. The predicted molar refractivity (Wildman–Crippen MR) is 193 cm³/mol. The Hall–Kier alpha value is -2.92. The minimum atomic E-state index is -1.88. The molecule has 47 heavy (non-hydrogen) atoms. The Labute approximate surface area is 287 Å². The first-order valence-electron chi connectivity index (χ1n) is 16.9. The summed E-state index contributed by atoms with van der Waals surface area (Å²) in [6, 6.07) is 21.1. The Kier molecular flexibility index (Phi) is 9.92. The molecule has 0 radical (unpaired) electrons. The number of carbonyl (C=O) groups excluding carboxylic acids is 1. The molecule has 1 unspecified atom stereocenters. The summed E-state index contributed by atoms with van der Waals surface area (Å²) in [5, 5.41) is 22.2. The summed E-state index contributed by atoms with van der Waals surface area (Å²) < 4.78 is 6.99. The third kappa shape index (κ3) is 6.46. The molecule has 1 fully saturated rings. The Morgan fingerprint density at radius 1 is 0.936 bits per heavy atom. The fourth-order valence-corrected chi connectivity index (χ4v) is 13.0. The number of halogens is 1. The van der Waals surface area contributed by atoms with Crippen LogP contribution in [0.15, 0.2) is 66.7 Å². The second kappa shape index (κ2) is 13.2. The van der Waals surface area contributed by atoms with Crippen molar-refractivity contribution in [2.24, 2.45) is 5.41 Å². The van der Waals surface area contributed by atoms with Gasteiger partial charge in [-0.05, 0) is 84.8 Å². The van der Waals surface area contributed by atoms with Gasteiger partial charge in [0.05, 0.1) is 18.8 Å². The van der Waals surface area contributed by atoms with Crippen LogP contribution in [0.4, 0.5) is 0 Å². The van der Waals surface area contributed by atoms with E-state index in [0.29, 0.717) is 38.3 Å². The van der Waals surface area contributed by atoms with Gasteiger partial charge in [-0.1, -0.05) is 95.5 Å². The molecular formula is C40H50ClNO4Si. The average molecular weight is 672 g/mol. The van der Waals surface area contributed by atoms with Gasteiger partial charge in [0, 0.05) is 39.2 Å². The van der Waals surface area contributed by atoms with E-state index < -0.39 is 19.4 Å². The molecule has 7 heteroatoms. The van der Waals surface area contributed by atoms with Crippen LogP contribution in [-0.4, -0.2) is 42.3 Å². The van der Waals surface area contributed by atoms with Gasteiger partial charge in [0.2, 0.25) is 0 Å². The number of hydrogen-bond acceptors (Lipinski definition) is 4. The van der Waals surface area contributed by atoms with Crippen LogP contribution in [0.5, 0.6) is 0 Å². The van der Waals surface area contributed by atoms with E-state index in [1.807, 2.05) is 54.6 Å². The van der Waals surface area contributed by atoms with Gasteiger partial charge in [-0.2, -0.15) is 0 Å². The van der Waals surface area contributed by atoms with E-state index in [-0.39, 0.29) is 31.1 Å². The summed E-state index contributed by atoms with van der Waals surface area (Å²) in [7, 11) is -1.88. The molecule has 1 heterocycles. The lowest BCUT2D eigenvalue weighted by atomic mass is 9.83. The first-order valence-corrected chi connectivity index (χ1v) is 19.5. The summed E-state index contributed by atoms with van der Waals surface area (Å²) >= 11 is 6.36. The zero-order valence-corrected chi connectivity index (χ0v) is 30.9. The van der Waals surface area contributed by atoms with Crippen molar-refractivity contribution in [3.05, 3.63) is 105 Å². The number of aliphatic hydroxyl groups is 2. The summed E-state index contributed by atoms with van der Waals surface area (Å²) in [5.74, 6) is 3.36. The third-order valence-corrected chi connectivity index (χ3v) is 17.2. The van der Waals surface area contributed by atoms with Crippen LogP contribution in [0, 0.1) is 16.9 Å².